The summed E-state index contributed by atoms with van der Waals surface area (Å²) in [4.78, 5) is 54.8. The highest BCUT2D eigenvalue weighted by molar-refractivity contribution is 6.70. The van der Waals surface area contributed by atoms with Crippen molar-refractivity contribution in [2.24, 2.45) is 0 Å². The van der Waals surface area contributed by atoms with Crippen molar-refractivity contribution in [1.82, 2.24) is 29.1 Å². The van der Waals surface area contributed by atoms with E-state index < -0.39 is 62.3 Å². The molecule has 0 aliphatic carbocycles. The van der Waals surface area contributed by atoms with Crippen LogP contribution in [-0.2, 0) is 28.7 Å². The number of carbonyl (C=O) groups excluding carboxylic acids is 1. The summed E-state index contributed by atoms with van der Waals surface area (Å²) in [5.74, 6) is 1.26. The zero-order chi connectivity index (χ0) is 51.4. The number of methoxy groups -OCH3 is 2. The summed E-state index contributed by atoms with van der Waals surface area (Å²) in [7, 11) is -0.203. The predicted octanol–water partition coefficient (Wildman–Crippen LogP) is 7.56. The summed E-state index contributed by atoms with van der Waals surface area (Å²) in [6.07, 6.45) is 0.563. The first kappa shape index (κ1) is 51.1. The third kappa shape index (κ3) is 10.1. The Morgan fingerprint density at radius 1 is 0.767 bits per heavy atom. The molecule has 9 rings (SSSR count). The second kappa shape index (κ2) is 21.7. The Kier molecular flexibility index (Phi) is 15.2. The molecule has 2 fully saturated rings. The van der Waals surface area contributed by atoms with E-state index in [0.29, 0.717) is 40.2 Å². The number of nitrogens with one attached hydrogen (secondary N) is 2. The Labute approximate surface area is 423 Å². The van der Waals surface area contributed by atoms with E-state index in [1.807, 2.05) is 89.5 Å². The molecule has 3 aromatic heterocycles. The van der Waals surface area contributed by atoms with Crippen LogP contribution in [0.1, 0.15) is 85.6 Å². The monoisotopic (exact) mass is 1010 g/mol. The van der Waals surface area contributed by atoms with Gasteiger partial charge in [-0.25, -0.2) is 19.7 Å². The summed E-state index contributed by atoms with van der Waals surface area (Å²) in [5, 5.41) is 13.6. The van der Waals surface area contributed by atoms with Gasteiger partial charge in [0.25, 0.3) is 11.5 Å². The second-order valence-corrected chi connectivity index (χ2v) is 23.1. The van der Waals surface area contributed by atoms with Gasteiger partial charge in [-0.3, -0.25) is 23.7 Å². The summed E-state index contributed by atoms with van der Waals surface area (Å²) >= 11 is 0. The molecular weight excluding hydrogens is 951 g/mol. The van der Waals surface area contributed by atoms with Crippen LogP contribution in [0.5, 0.6) is 11.5 Å². The van der Waals surface area contributed by atoms with Gasteiger partial charge in [0, 0.05) is 30.2 Å². The normalized spacial score (nSPS) is 20.2. The summed E-state index contributed by atoms with van der Waals surface area (Å²) in [6.45, 7) is 9.52. The van der Waals surface area contributed by atoms with Crippen LogP contribution < -0.4 is 26.0 Å². The van der Waals surface area contributed by atoms with Gasteiger partial charge in [-0.05, 0) is 71.1 Å². The molecule has 0 bridgehead atoms. The Bertz CT molecular complexity index is 3060. The summed E-state index contributed by atoms with van der Waals surface area (Å²) in [5.41, 5.74) is 1.52. The largest absolute Gasteiger partial charge is 0.497 e. The molecule has 2 saturated heterocycles. The summed E-state index contributed by atoms with van der Waals surface area (Å²) < 4.78 is 50.2. The average molecular weight is 1010 g/mol. The number of aliphatic hydroxyl groups excluding tert-OH is 1. The Balaban J connectivity index is 1.11. The van der Waals surface area contributed by atoms with Crippen molar-refractivity contribution in [3.63, 3.8) is 0 Å². The number of anilines is 1. The SMILES string of the molecule is COc1ccc(C(OC[C@H]2O[C@@H](n3cnc4c(NC(=O)c5ccccc5)ncnc43)C[C@@H]2O[Si](O[C@@H]2C[C@@H](n3cc(C)c(=O)[nH]c3=O)O[C@H]2CO)(C(C)C)C(C)C)(c2ccccc2)c2ccc(OC)cc2)cc1. The number of carbonyl (C=O) groups is 1. The fourth-order valence-corrected chi connectivity index (χ4v) is 13.9. The average Bonchev–Trinajstić information content (AvgIpc) is 4.15. The molecule has 1 amide bonds. The number of aliphatic hydroxyl groups is 1. The number of imidazole rings is 1. The molecule has 0 spiro atoms. The molecule has 4 aromatic carbocycles. The second-order valence-electron chi connectivity index (χ2n) is 18.9. The molecule has 5 heterocycles. The molecule has 7 aromatic rings. The van der Waals surface area contributed by atoms with Gasteiger partial charge < -0.3 is 43.0 Å². The number of amides is 1. The predicted molar refractivity (Wildman–Crippen MR) is 274 cm³/mol. The number of aromatic nitrogens is 6. The van der Waals surface area contributed by atoms with E-state index in [4.69, 9.17) is 37.5 Å². The van der Waals surface area contributed by atoms with Crippen LogP contribution >= 0.6 is 0 Å². The lowest BCUT2D eigenvalue weighted by Crippen LogP contribution is -2.55. The van der Waals surface area contributed by atoms with Gasteiger partial charge in [0.1, 0.15) is 48.1 Å². The first-order valence-electron chi connectivity index (χ1n) is 24.4. The van der Waals surface area contributed by atoms with Gasteiger partial charge in [-0.2, -0.15) is 0 Å². The first-order valence-corrected chi connectivity index (χ1v) is 26.4. The molecule has 382 valence electrons. The van der Waals surface area contributed by atoms with E-state index in [9.17, 15) is 19.5 Å². The van der Waals surface area contributed by atoms with Gasteiger partial charge in [-0.15, -0.1) is 0 Å². The Morgan fingerprint density at radius 3 is 1.89 bits per heavy atom. The molecule has 18 nitrogen and oxygen atoms in total. The highest BCUT2D eigenvalue weighted by atomic mass is 28.4. The summed E-state index contributed by atoms with van der Waals surface area (Å²) in [6, 6.07) is 34.4. The minimum Gasteiger partial charge on any atom is -0.497 e. The number of hydrogen-bond donors (Lipinski definition) is 3. The van der Waals surface area contributed by atoms with Crippen LogP contribution in [0.3, 0.4) is 0 Å². The van der Waals surface area contributed by atoms with Crippen LogP contribution in [-0.4, -0.2) is 100 Å². The van der Waals surface area contributed by atoms with Gasteiger partial charge in [0.15, 0.2) is 17.0 Å². The molecule has 6 atom stereocenters. The highest BCUT2D eigenvalue weighted by Gasteiger charge is 2.54. The van der Waals surface area contributed by atoms with Crippen molar-refractivity contribution in [3.8, 4) is 11.5 Å². The maximum absolute atomic E-state index is 13.3. The van der Waals surface area contributed by atoms with Crippen LogP contribution in [0, 0.1) is 6.92 Å². The molecule has 2 aliphatic rings. The Hall–Kier alpha value is -6.84. The van der Waals surface area contributed by atoms with E-state index in [1.54, 1.807) is 51.7 Å². The molecule has 3 N–H and O–H groups in total. The number of nitrogens with zero attached hydrogens (tertiary/aromatic N) is 5. The van der Waals surface area contributed by atoms with Gasteiger partial charge in [-0.1, -0.05) is 100 Å². The van der Waals surface area contributed by atoms with E-state index in [0.717, 1.165) is 16.7 Å². The lowest BCUT2D eigenvalue weighted by molar-refractivity contribution is -0.0962. The number of H-pyrrole nitrogens is 1. The topological polar surface area (TPSA) is 212 Å². The van der Waals surface area contributed by atoms with Crippen LogP contribution in [0.4, 0.5) is 5.82 Å². The molecule has 0 radical (unpaired) electrons. The van der Waals surface area contributed by atoms with Crippen molar-refractivity contribution >= 4 is 31.4 Å². The van der Waals surface area contributed by atoms with Crippen molar-refractivity contribution in [1.29, 1.82) is 0 Å². The van der Waals surface area contributed by atoms with Crippen LogP contribution in [0.25, 0.3) is 11.2 Å². The number of hydrogen-bond acceptors (Lipinski definition) is 14. The maximum Gasteiger partial charge on any atom is 0.344 e. The standard InChI is InChI=1S/C54H61N7O11Si/c1-33(2)73(34(3)4,71-42-26-46(69-44(42)29-62)60-28-35(5)51(63)59-53(60)65)72-43-27-47(61-32-57-48-49(55-31-56-50(48)61)58-52(64)36-14-10-8-11-15-36)70-45(43)30-68-54(37-16-12-9-13-17-37,38-18-22-40(66-6)23-19-38)39-20-24-41(67-7)25-21-39/h8-25,28,31-34,42-47,62H,26-27,29-30H2,1-7H3,(H,59,63,65)(H,55,56,58,64)/t42-,43+,44+,45-,46+,47-/m1/s1. The fourth-order valence-electron chi connectivity index (χ4n) is 10.0. The van der Waals surface area contributed by atoms with E-state index in [-0.39, 0.29) is 42.4 Å². The van der Waals surface area contributed by atoms with Crippen LogP contribution in [0.2, 0.25) is 11.1 Å². The first-order chi connectivity index (χ1) is 35.3. The van der Waals surface area contributed by atoms with Crippen LogP contribution in [0.15, 0.2) is 138 Å². The van der Waals surface area contributed by atoms with Crippen molar-refractivity contribution in [3.05, 3.63) is 177 Å². The minimum atomic E-state index is -3.46. The van der Waals surface area contributed by atoms with Crippen molar-refractivity contribution < 1.29 is 42.4 Å². The molecule has 0 saturated carbocycles. The number of benzene rings is 4. The quantitative estimate of drug-likeness (QED) is 0.0527. The molecule has 2 aliphatic heterocycles. The van der Waals surface area contributed by atoms with Crippen molar-refractivity contribution in [2.45, 2.75) is 101 Å². The third-order valence-electron chi connectivity index (χ3n) is 13.9. The molecule has 19 heteroatoms. The zero-order valence-electron chi connectivity index (χ0n) is 41.8. The minimum absolute atomic E-state index is 0.0111. The zero-order valence-corrected chi connectivity index (χ0v) is 42.8. The Morgan fingerprint density at radius 2 is 1.32 bits per heavy atom. The molecular formula is C54H61N7O11Si. The van der Waals surface area contributed by atoms with Gasteiger partial charge in [0.2, 0.25) is 0 Å². The lowest BCUT2D eigenvalue weighted by Gasteiger charge is -2.43. The lowest BCUT2D eigenvalue weighted by atomic mass is 9.80. The van der Waals surface area contributed by atoms with E-state index in [2.05, 4.69) is 48.0 Å². The smallest absolute Gasteiger partial charge is 0.344 e. The number of aryl methyl sites for hydroxylation is 1. The maximum atomic E-state index is 13.3. The number of ether oxygens (including phenoxy) is 5. The van der Waals surface area contributed by atoms with Crippen molar-refractivity contribution in [2.75, 3.05) is 32.8 Å². The van der Waals surface area contributed by atoms with Gasteiger partial charge >= 0.3 is 14.3 Å². The number of fused-ring (bicyclic) bond motifs is 1. The fraction of sp³-hybridized carbons (Fsp3) is 0.370. The molecule has 0 unspecified atom stereocenters. The van der Waals surface area contributed by atoms with E-state index >= 15 is 0 Å². The number of rotatable bonds is 19. The molecule has 73 heavy (non-hydrogen) atoms. The van der Waals surface area contributed by atoms with Gasteiger partial charge in [0.05, 0.1) is 46.0 Å². The third-order valence-corrected chi connectivity index (χ3v) is 18.4. The van der Waals surface area contributed by atoms with E-state index in [1.165, 1.54) is 17.1 Å². The number of aromatic amines is 1. The highest BCUT2D eigenvalue weighted by Crippen LogP contribution is 2.47.